The van der Waals surface area contributed by atoms with E-state index >= 15 is 0 Å². The van der Waals surface area contributed by atoms with E-state index in [4.69, 9.17) is 15.2 Å². The molecule has 2 spiro atoms. The van der Waals surface area contributed by atoms with Gasteiger partial charge >= 0.3 is 0 Å². The topological polar surface area (TPSA) is 84.9 Å². The molecule has 2 saturated heterocycles. The molecule has 42 heavy (non-hydrogen) atoms. The van der Waals surface area contributed by atoms with Crippen LogP contribution in [0, 0.1) is 58.2 Å². The van der Waals surface area contributed by atoms with Gasteiger partial charge in [0.15, 0.2) is 0 Å². The highest BCUT2D eigenvalue weighted by atomic mass is 16.5. The number of phenolic OH excluding ortho intramolecular Hbond substituents is 1. The fourth-order valence-electron chi connectivity index (χ4n) is 13.3. The molecule has 1 aromatic rings. The van der Waals surface area contributed by atoms with E-state index in [9.17, 15) is 10.2 Å². The predicted octanol–water partition coefficient (Wildman–Crippen LogP) is 5.78. The van der Waals surface area contributed by atoms with Crippen LogP contribution in [0.5, 0.6) is 5.75 Å². The molecule has 10 atom stereocenters. The van der Waals surface area contributed by atoms with Crippen LogP contribution < -0.4 is 5.73 Å². The van der Waals surface area contributed by atoms with Crippen molar-refractivity contribution in [2.45, 2.75) is 114 Å². The number of benzene rings is 1. The first-order valence-corrected chi connectivity index (χ1v) is 17.1. The van der Waals surface area contributed by atoms with Gasteiger partial charge in [0, 0.05) is 44.1 Å². The van der Waals surface area contributed by atoms with Crippen LogP contribution in [0.3, 0.4) is 0 Å². The number of aliphatic hydroxyl groups is 1. The Balaban J connectivity index is 1.35. The Morgan fingerprint density at radius 1 is 1.07 bits per heavy atom. The molecule has 2 aliphatic heterocycles. The van der Waals surface area contributed by atoms with Crippen molar-refractivity contribution in [2.24, 2.45) is 52.1 Å². The van der Waals surface area contributed by atoms with Crippen molar-refractivity contribution in [1.29, 1.82) is 0 Å². The summed E-state index contributed by atoms with van der Waals surface area (Å²) >= 11 is 0. The minimum absolute atomic E-state index is 0.0282. The number of hydrogen-bond acceptors (Lipinski definition) is 5. The van der Waals surface area contributed by atoms with E-state index < -0.39 is 11.1 Å². The molecule has 0 radical (unpaired) electrons. The summed E-state index contributed by atoms with van der Waals surface area (Å²) in [6, 6.07) is 5.96. The van der Waals surface area contributed by atoms with Gasteiger partial charge in [0.25, 0.3) is 0 Å². The van der Waals surface area contributed by atoms with Crippen molar-refractivity contribution in [3.05, 3.63) is 29.3 Å². The van der Waals surface area contributed by atoms with Crippen molar-refractivity contribution in [2.75, 3.05) is 20.3 Å². The number of rotatable bonds is 3. The quantitative estimate of drug-likeness (QED) is 0.400. The molecule has 9 rings (SSSR count). The van der Waals surface area contributed by atoms with Gasteiger partial charge in [-0.15, -0.1) is 0 Å². The van der Waals surface area contributed by atoms with Crippen LogP contribution in [0.4, 0.5) is 0 Å². The van der Waals surface area contributed by atoms with E-state index in [-0.39, 0.29) is 35.4 Å². The van der Waals surface area contributed by atoms with Crippen LogP contribution in [0.25, 0.3) is 0 Å². The van der Waals surface area contributed by atoms with Crippen molar-refractivity contribution in [3.63, 3.8) is 0 Å². The van der Waals surface area contributed by atoms with E-state index in [1.807, 2.05) is 19.2 Å². The number of hydrogen-bond donors (Lipinski definition) is 3. The van der Waals surface area contributed by atoms with Crippen molar-refractivity contribution in [1.82, 2.24) is 0 Å². The minimum atomic E-state index is -0.594. The number of phenols is 1. The van der Waals surface area contributed by atoms with Crippen molar-refractivity contribution >= 4 is 0 Å². The summed E-state index contributed by atoms with van der Waals surface area (Å²) in [6.07, 6.45) is 16.0. The van der Waals surface area contributed by atoms with Gasteiger partial charge in [0.1, 0.15) is 5.75 Å². The van der Waals surface area contributed by atoms with E-state index in [1.165, 1.54) is 44.1 Å². The Morgan fingerprint density at radius 3 is 2.67 bits per heavy atom. The van der Waals surface area contributed by atoms with Crippen LogP contribution in [0.15, 0.2) is 18.2 Å². The lowest BCUT2D eigenvalue weighted by Gasteiger charge is -2.80. The Kier molecular flexibility index (Phi) is 6.29. The van der Waals surface area contributed by atoms with Crippen LogP contribution in [-0.4, -0.2) is 47.3 Å². The second-order valence-electron chi connectivity index (χ2n) is 16.3. The highest BCUT2D eigenvalue weighted by Gasteiger charge is 2.81. The average Bonchev–Trinajstić information content (AvgIpc) is 3.39. The van der Waals surface area contributed by atoms with E-state index in [0.717, 1.165) is 57.1 Å². The standard InChI is InChI=1S/C37H51NO4/c1-33-14-10-28(22-41-2)35-15-11-27(21-39)37(38,32(33)35)31-7-5-6-25-18-30(40)9-8-26(25)16-24-17-29(36(31,23-35)42-33)20-34(19-24)12-3-4-13-34/h8-9,18,24,27-29,31-32,39-40H,3-4,6,10-17,19-23,38H2,1-2H3/t24-,27-,28+,29-,31+,32+,33+,35-,36+,37-/m0/s1. The van der Waals surface area contributed by atoms with E-state index in [0.29, 0.717) is 35.3 Å². The zero-order valence-electron chi connectivity index (χ0n) is 25.8. The number of aliphatic hydroxyl groups excluding tert-OH is 1. The largest absolute Gasteiger partial charge is 0.508 e. The molecule has 5 saturated carbocycles. The van der Waals surface area contributed by atoms with Gasteiger partial charge in [0.05, 0.1) is 17.1 Å². The first-order chi connectivity index (χ1) is 20.2. The fraction of sp³-hybridized carbons (Fsp3) is 0.784. The van der Waals surface area contributed by atoms with E-state index in [2.05, 4.69) is 24.8 Å². The molecule has 0 amide bonds. The lowest BCUT2D eigenvalue weighted by atomic mass is 9.31. The van der Waals surface area contributed by atoms with Crippen LogP contribution in [0.1, 0.15) is 95.1 Å². The average molecular weight is 574 g/mol. The Hall–Kier alpha value is -1.58. The van der Waals surface area contributed by atoms with Gasteiger partial charge < -0.3 is 25.4 Å². The maximum Gasteiger partial charge on any atom is 0.115 e. The highest BCUT2D eigenvalue weighted by molar-refractivity contribution is 5.41. The maximum atomic E-state index is 11.0. The summed E-state index contributed by atoms with van der Waals surface area (Å²) in [5, 5.41) is 21.4. The third-order valence-electron chi connectivity index (χ3n) is 14.4. The summed E-state index contributed by atoms with van der Waals surface area (Å²) in [5.74, 6) is 9.41. The Bertz CT molecular complexity index is 1310. The van der Waals surface area contributed by atoms with E-state index in [1.54, 1.807) is 0 Å². The predicted molar refractivity (Wildman–Crippen MR) is 163 cm³/mol. The number of methoxy groups -OCH3 is 1. The van der Waals surface area contributed by atoms with Crippen molar-refractivity contribution < 1.29 is 19.7 Å². The van der Waals surface area contributed by atoms with Crippen LogP contribution >= 0.6 is 0 Å². The molecular formula is C37H51NO4. The van der Waals surface area contributed by atoms with Crippen LogP contribution in [0.2, 0.25) is 0 Å². The molecule has 8 aliphatic rings. The molecule has 7 fully saturated rings. The first-order valence-electron chi connectivity index (χ1n) is 17.1. The molecule has 0 unspecified atom stereocenters. The summed E-state index contributed by atoms with van der Waals surface area (Å²) in [6.45, 7) is 3.29. The zero-order chi connectivity index (χ0) is 29.0. The third kappa shape index (κ3) is 3.65. The Morgan fingerprint density at radius 2 is 1.88 bits per heavy atom. The second-order valence-corrected chi connectivity index (χ2v) is 16.3. The van der Waals surface area contributed by atoms with Gasteiger partial charge in [-0.25, -0.2) is 0 Å². The van der Waals surface area contributed by atoms with Gasteiger partial charge in [0.2, 0.25) is 0 Å². The molecule has 5 nitrogen and oxygen atoms in total. The fourth-order valence-corrected chi connectivity index (χ4v) is 13.3. The summed E-state index contributed by atoms with van der Waals surface area (Å²) in [4.78, 5) is 0. The lowest BCUT2D eigenvalue weighted by molar-refractivity contribution is -0.395. The lowest BCUT2D eigenvalue weighted by Crippen LogP contribution is -2.87. The molecule has 0 aromatic heterocycles. The number of nitrogens with two attached hydrogens (primary N) is 1. The summed E-state index contributed by atoms with van der Waals surface area (Å²) in [5.41, 5.74) is 9.66. The van der Waals surface area contributed by atoms with Gasteiger partial charge in [-0.05, 0) is 129 Å². The highest BCUT2D eigenvalue weighted by Crippen LogP contribution is 2.77. The molecule has 228 valence electrons. The molecule has 4 N–H and O–H groups in total. The van der Waals surface area contributed by atoms with Gasteiger partial charge in [-0.3, -0.25) is 0 Å². The smallest absolute Gasteiger partial charge is 0.115 e. The molecule has 5 heteroatoms. The number of fused-ring (bicyclic) bond motifs is 3. The Labute approximate surface area is 252 Å². The third-order valence-corrected chi connectivity index (χ3v) is 14.4. The first kappa shape index (κ1) is 27.9. The monoisotopic (exact) mass is 573 g/mol. The second kappa shape index (κ2) is 9.46. The molecular weight excluding hydrogens is 522 g/mol. The zero-order valence-corrected chi connectivity index (χ0v) is 25.8. The molecule has 1 aromatic carbocycles. The minimum Gasteiger partial charge on any atom is -0.508 e. The normalized spacial score (nSPS) is 48.0. The van der Waals surface area contributed by atoms with Gasteiger partial charge in [-0.2, -0.15) is 0 Å². The summed E-state index contributed by atoms with van der Waals surface area (Å²) in [7, 11) is 1.86. The van der Waals surface area contributed by atoms with Crippen molar-refractivity contribution in [3.8, 4) is 17.6 Å². The molecule has 7 bridgehead atoms. The number of aromatic hydroxyl groups is 1. The molecule has 2 heterocycles. The molecule has 6 aliphatic carbocycles. The maximum absolute atomic E-state index is 11.0. The summed E-state index contributed by atoms with van der Waals surface area (Å²) < 4.78 is 13.7. The SMILES string of the molecule is COC[C@H]1CC[C@@]2(C)O[C@@]34C[C@@]15CC[C@@H](CO)[C@](N)([C@@H]3C#CCc1cc(O)ccc1C[C@H]1C[C@H]4CC3(CCCC3)C1)[C@@H]52. The van der Waals surface area contributed by atoms with Gasteiger partial charge in [-0.1, -0.05) is 30.7 Å². The number of ether oxygens (including phenoxy) is 2. The van der Waals surface area contributed by atoms with Crippen LogP contribution in [-0.2, 0) is 22.3 Å².